The van der Waals surface area contributed by atoms with Crippen molar-refractivity contribution in [3.8, 4) is 5.69 Å². The van der Waals surface area contributed by atoms with Crippen molar-refractivity contribution >= 4 is 45.2 Å². The number of ether oxygens (including phenoxy) is 1. The van der Waals surface area contributed by atoms with Crippen LogP contribution in [0.1, 0.15) is 30.9 Å². The number of likely N-dealkylation sites (tertiary alicyclic amines) is 1. The third kappa shape index (κ3) is 5.14. The number of fused-ring (bicyclic) bond motifs is 1. The number of esters is 1. The Bertz CT molecular complexity index is 1220. The van der Waals surface area contributed by atoms with Gasteiger partial charge in [0.15, 0.2) is 5.16 Å². The molecule has 7 nitrogen and oxygen atoms in total. The number of piperidine rings is 1. The highest BCUT2D eigenvalue weighted by Crippen LogP contribution is 2.26. The molecule has 9 heteroatoms. The molecule has 3 aromatic rings. The minimum absolute atomic E-state index is 0.0195. The van der Waals surface area contributed by atoms with Crippen molar-refractivity contribution < 1.29 is 14.3 Å². The van der Waals surface area contributed by atoms with Gasteiger partial charge in [0, 0.05) is 13.1 Å². The number of carbonyl (C=O) groups is 2. The average Bonchev–Trinajstić information content (AvgIpc) is 3.26. The van der Waals surface area contributed by atoms with E-state index < -0.39 is 0 Å². The van der Waals surface area contributed by atoms with Crippen molar-refractivity contribution in [2.75, 3.05) is 25.4 Å². The van der Waals surface area contributed by atoms with E-state index in [-0.39, 0.29) is 29.1 Å². The zero-order valence-corrected chi connectivity index (χ0v) is 20.6. The maximum Gasteiger partial charge on any atom is 0.309 e. The zero-order valence-electron chi connectivity index (χ0n) is 19.0. The second-order valence-electron chi connectivity index (χ2n) is 8.21. The smallest absolute Gasteiger partial charge is 0.309 e. The van der Waals surface area contributed by atoms with Crippen LogP contribution >= 0.6 is 23.1 Å². The van der Waals surface area contributed by atoms with E-state index in [4.69, 9.17) is 9.72 Å². The molecule has 0 atom stereocenters. The van der Waals surface area contributed by atoms with Gasteiger partial charge in [0.05, 0.1) is 29.5 Å². The Morgan fingerprint density at radius 1 is 1.18 bits per heavy atom. The topological polar surface area (TPSA) is 81.5 Å². The lowest BCUT2D eigenvalue weighted by atomic mass is 9.97. The molecule has 33 heavy (non-hydrogen) atoms. The number of rotatable bonds is 6. The van der Waals surface area contributed by atoms with Crippen LogP contribution in [0.5, 0.6) is 0 Å². The van der Waals surface area contributed by atoms with Gasteiger partial charge in [-0.05, 0) is 68.3 Å². The minimum Gasteiger partial charge on any atom is -0.466 e. The molecule has 1 fully saturated rings. The summed E-state index contributed by atoms with van der Waals surface area (Å²) >= 11 is 2.65. The molecular weight excluding hydrogens is 458 g/mol. The summed E-state index contributed by atoms with van der Waals surface area (Å²) in [5.41, 5.74) is 3.39. The molecule has 1 amide bonds. The van der Waals surface area contributed by atoms with Crippen LogP contribution in [-0.2, 0) is 14.3 Å². The van der Waals surface area contributed by atoms with Gasteiger partial charge in [0.25, 0.3) is 5.56 Å². The average molecular weight is 486 g/mol. The van der Waals surface area contributed by atoms with Crippen molar-refractivity contribution in [3.05, 3.63) is 51.1 Å². The Morgan fingerprint density at radius 2 is 1.88 bits per heavy atom. The molecule has 0 saturated carbocycles. The summed E-state index contributed by atoms with van der Waals surface area (Å²) in [6, 6.07) is 7.81. The SMILES string of the molecule is CCOC(=O)C1CCN(C(=O)CSc2nc3ccsc3c(=O)n2-c2cc(C)cc(C)c2)CC1. The fourth-order valence-electron chi connectivity index (χ4n) is 4.14. The molecule has 4 rings (SSSR count). The van der Waals surface area contributed by atoms with E-state index in [9.17, 15) is 14.4 Å². The van der Waals surface area contributed by atoms with Crippen molar-refractivity contribution in [3.63, 3.8) is 0 Å². The first-order valence-electron chi connectivity index (χ1n) is 11.0. The first-order chi connectivity index (χ1) is 15.9. The maximum absolute atomic E-state index is 13.3. The standard InChI is InChI=1S/C24H27N3O4S2/c1-4-31-23(30)17-5-8-26(9-6-17)20(28)14-33-24-25-19-7-10-32-21(19)22(29)27(24)18-12-15(2)11-16(3)13-18/h7,10-13,17H,4-6,8-9,14H2,1-3H3. The molecule has 3 heterocycles. The lowest BCUT2D eigenvalue weighted by Crippen LogP contribution is -2.41. The van der Waals surface area contributed by atoms with Crippen LogP contribution in [0.15, 0.2) is 39.6 Å². The lowest BCUT2D eigenvalue weighted by molar-refractivity contribution is -0.151. The van der Waals surface area contributed by atoms with Gasteiger partial charge in [-0.3, -0.25) is 19.0 Å². The number of nitrogens with zero attached hydrogens (tertiary/aromatic N) is 3. The molecule has 0 radical (unpaired) electrons. The molecule has 1 aliphatic heterocycles. The summed E-state index contributed by atoms with van der Waals surface area (Å²) in [6.45, 7) is 7.22. The second-order valence-corrected chi connectivity index (χ2v) is 10.1. The summed E-state index contributed by atoms with van der Waals surface area (Å²) in [4.78, 5) is 44.7. The number of carbonyl (C=O) groups excluding carboxylic acids is 2. The predicted molar refractivity (Wildman–Crippen MR) is 131 cm³/mol. The van der Waals surface area contributed by atoms with E-state index in [0.717, 1.165) is 16.8 Å². The summed E-state index contributed by atoms with van der Waals surface area (Å²) in [6.07, 6.45) is 1.23. The van der Waals surface area contributed by atoms with Crippen LogP contribution in [0, 0.1) is 19.8 Å². The molecule has 0 aliphatic carbocycles. The Labute approximate surface area is 200 Å². The summed E-state index contributed by atoms with van der Waals surface area (Å²) in [5, 5.41) is 2.36. The highest BCUT2D eigenvalue weighted by atomic mass is 32.2. The summed E-state index contributed by atoms with van der Waals surface area (Å²) in [5.74, 6) is -0.158. The van der Waals surface area contributed by atoms with E-state index in [1.165, 1.54) is 23.1 Å². The van der Waals surface area contributed by atoms with Crippen molar-refractivity contribution in [1.82, 2.24) is 14.5 Å². The lowest BCUT2D eigenvalue weighted by Gasteiger charge is -2.30. The van der Waals surface area contributed by atoms with Gasteiger partial charge in [-0.1, -0.05) is 17.8 Å². The van der Waals surface area contributed by atoms with Gasteiger partial charge in [-0.25, -0.2) is 4.98 Å². The Kier molecular flexibility index (Phi) is 7.19. The number of aryl methyl sites for hydroxylation is 2. The summed E-state index contributed by atoms with van der Waals surface area (Å²) in [7, 11) is 0. The molecule has 0 bridgehead atoms. The number of amides is 1. The van der Waals surface area contributed by atoms with Gasteiger partial charge >= 0.3 is 5.97 Å². The van der Waals surface area contributed by atoms with Crippen molar-refractivity contribution in [2.45, 2.75) is 38.8 Å². The van der Waals surface area contributed by atoms with Gasteiger partial charge in [-0.15, -0.1) is 11.3 Å². The van der Waals surface area contributed by atoms with Crippen LogP contribution in [0.2, 0.25) is 0 Å². The Morgan fingerprint density at radius 3 is 2.55 bits per heavy atom. The van der Waals surface area contributed by atoms with Crippen LogP contribution in [0.25, 0.3) is 15.9 Å². The fraction of sp³-hybridized carbons (Fsp3) is 0.417. The number of thiophene rings is 1. The molecule has 1 saturated heterocycles. The highest BCUT2D eigenvalue weighted by Gasteiger charge is 2.28. The van der Waals surface area contributed by atoms with Gasteiger partial charge in [0.1, 0.15) is 4.70 Å². The third-order valence-electron chi connectivity index (χ3n) is 5.71. The highest BCUT2D eigenvalue weighted by molar-refractivity contribution is 7.99. The third-order valence-corrected chi connectivity index (χ3v) is 7.52. The van der Waals surface area contributed by atoms with E-state index >= 15 is 0 Å². The molecule has 1 aliphatic rings. The Hall–Kier alpha value is -2.65. The molecular formula is C24H27N3O4S2. The molecule has 2 aromatic heterocycles. The minimum atomic E-state index is -0.176. The largest absolute Gasteiger partial charge is 0.466 e. The van der Waals surface area contributed by atoms with Gasteiger partial charge in [0.2, 0.25) is 5.91 Å². The fourth-order valence-corrected chi connectivity index (χ4v) is 5.81. The van der Waals surface area contributed by atoms with E-state index in [1.54, 1.807) is 16.4 Å². The number of aromatic nitrogens is 2. The zero-order chi connectivity index (χ0) is 23.5. The molecule has 0 N–H and O–H groups in total. The first-order valence-corrected chi connectivity index (χ1v) is 12.9. The second kappa shape index (κ2) is 10.1. The van der Waals surface area contributed by atoms with E-state index in [0.29, 0.717) is 47.9 Å². The van der Waals surface area contributed by atoms with E-state index in [2.05, 4.69) is 6.07 Å². The van der Waals surface area contributed by atoms with E-state index in [1.807, 2.05) is 37.4 Å². The number of hydrogen-bond donors (Lipinski definition) is 0. The van der Waals surface area contributed by atoms with Crippen molar-refractivity contribution in [2.24, 2.45) is 5.92 Å². The molecule has 0 unspecified atom stereocenters. The summed E-state index contributed by atoms with van der Waals surface area (Å²) < 4.78 is 7.33. The van der Waals surface area contributed by atoms with Crippen LogP contribution < -0.4 is 5.56 Å². The van der Waals surface area contributed by atoms with Crippen LogP contribution in [-0.4, -0.2) is 51.8 Å². The maximum atomic E-state index is 13.3. The van der Waals surface area contributed by atoms with Gasteiger partial charge < -0.3 is 9.64 Å². The van der Waals surface area contributed by atoms with Crippen molar-refractivity contribution in [1.29, 1.82) is 0 Å². The predicted octanol–water partition coefficient (Wildman–Crippen LogP) is 3.96. The number of hydrogen-bond acceptors (Lipinski definition) is 7. The molecule has 174 valence electrons. The number of benzene rings is 1. The number of thioether (sulfide) groups is 1. The van der Waals surface area contributed by atoms with Crippen LogP contribution in [0.4, 0.5) is 0 Å². The monoisotopic (exact) mass is 485 g/mol. The first kappa shape index (κ1) is 23.5. The van der Waals surface area contributed by atoms with Crippen LogP contribution in [0.3, 0.4) is 0 Å². The molecule has 1 aromatic carbocycles. The van der Waals surface area contributed by atoms with Gasteiger partial charge in [-0.2, -0.15) is 0 Å². The Balaban J connectivity index is 1.54. The quantitative estimate of drug-likeness (QED) is 0.299. The molecule has 0 spiro atoms. The normalized spacial score (nSPS) is 14.6.